The molecule has 6 heteroatoms. The number of anilines is 1. The molecule has 2 N–H and O–H groups in total. The van der Waals surface area contributed by atoms with E-state index in [1.54, 1.807) is 35.2 Å². The molecule has 0 aliphatic heterocycles. The van der Waals surface area contributed by atoms with Gasteiger partial charge in [-0.05, 0) is 25.1 Å². The lowest BCUT2D eigenvalue weighted by molar-refractivity contribution is -0.111. The van der Waals surface area contributed by atoms with E-state index in [-0.39, 0.29) is 11.3 Å². The number of hydrogen-bond acceptors (Lipinski definition) is 3. The third-order valence-corrected chi connectivity index (χ3v) is 3.10. The third kappa shape index (κ3) is 3.36. The number of para-hydroxylation sites is 1. The van der Waals surface area contributed by atoms with Crippen LogP contribution < -0.4 is 5.32 Å². The van der Waals surface area contributed by atoms with E-state index in [4.69, 9.17) is 5.11 Å². The second-order valence-corrected chi connectivity index (χ2v) is 4.48. The van der Waals surface area contributed by atoms with Gasteiger partial charge in [-0.3, -0.25) is 9.48 Å². The zero-order chi connectivity index (χ0) is 15.4. The Morgan fingerprint density at radius 2 is 2.05 bits per heavy atom. The van der Waals surface area contributed by atoms with Crippen molar-refractivity contribution in [2.45, 2.75) is 6.92 Å². The van der Waals surface area contributed by atoms with Crippen LogP contribution in [0.4, 0.5) is 5.69 Å². The van der Waals surface area contributed by atoms with E-state index in [0.717, 1.165) is 11.3 Å². The standard InChI is InChI=1S/C15H15N3O3/c1-10-11(9-16-18(10)2)7-8-14(19)17-13-6-4-3-5-12(13)15(20)21/h3-9H,1-2H3,(H,17,19)(H,20,21)/b8-7+. The highest BCUT2D eigenvalue weighted by Gasteiger charge is 2.10. The average molecular weight is 285 g/mol. The van der Waals surface area contributed by atoms with Gasteiger partial charge in [-0.2, -0.15) is 5.10 Å². The second-order valence-electron chi connectivity index (χ2n) is 4.48. The molecule has 0 fully saturated rings. The van der Waals surface area contributed by atoms with Crippen LogP contribution in [-0.2, 0) is 11.8 Å². The van der Waals surface area contributed by atoms with Crippen molar-refractivity contribution in [1.82, 2.24) is 9.78 Å². The van der Waals surface area contributed by atoms with Crippen molar-refractivity contribution in [3.8, 4) is 0 Å². The van der Waals surface area contributed by atoms with Gasteiger partial charge >= 0.3 is 5.97 Å². The predicted octanol–water partition coefficient (Wildman–Crippen LogP) is 2.08. The van der Waals surface area contributed by atoms with Crippen molar-refractivity contribution in [2.75, 3.05) is 5.32 Å². The summed E-state index contributed by atoms with van der Waals surface area (Å²) in [7, 11) is 1.82. The summed E-state index contributed by atoms with van der Waals surface area (Å²) in [6.07, 6.45) is 4.65. The molecule has 0 atom stereocenters. The first-order valence-corrected chi connectivity index (χ1v) is 6.29. The van der Waals surface area contributed by atoms with Gasteiger partial charge in [0, 0.05) is 24.4 Å². The lowest BCUT2D eigenvalue weighted by atomic mass is 10.2. The number of aromatic carboxylic acids is 1. The van der Waals surface area contributed by atoms with Crippen molar-refractivity contribution in [3.05, 3.63) is 53.4 Å². The van der Waals surface area contributed by atoms with Crippen molar-refractivity contribution in [1.29, 1.82) is 0 Å². The number of benzene rings is 1. The first-order chi connectivity index (χ1) is 9.99. The number of nitrogens with zero attached hydrogens (tertiary/aromatic N) is 2. The molecule has 1 amide bonds. The fraction of sp³-hybridized carbons (Fsp3) is 0.133. The first kappa shape index (κ1) is 14.5. The van der Waals surface area contributed by atoms with Crippen LogP contribution in [0.5, 0.6) is 0 Å². The summed E-state index contributed by atoms with van der Waals surface area (Å²) in [6, 6.07) is 6.25. The van der Waals surface area contributed by atoms with Gasteiger partial charge in [-0.25, -0.2) is 4.79 Å². The Kier molecular flexibility index (Phi) is 4.18. The Hall–Kier alpha value is -2.89. The topological polar surface area (TPSA) is 84.2 Å². The predicted molar refractivity (Wildman–Crippen MR) is 79.0 cm³/mol. The molecule has 0 aliphatic rings. The van der Waals surface area contributed by atoms with Crippen LogP contribution >= 0.6 is 0 Å². The Morgan fingerprint density at radius 3 is 2.67 bits per heavy atom. The van der Waals surface area contributed by atoms with E-state index in [0.29, 0.717) is 0 Å². The maximum Gasteiger partial charge on any atom is 0.337 e. The van der Waals surface area contributed by atoms with E-state index in [1.807, 2.05) is 14.0 Å². The summed E-state index contributed by atoms with van der Waals surface area (Å²) in [5.41, 5.74) is 2.09. The molecule has 0 spiro atoms. The maximum atomic E-state index is 11.9. The molecule has 21 heavy (non-hydrogen) atoms. The number of carboxylic acid groups (broad SMARTS) is 1. The molecule has 0 unspecified atom stereocenters. The minimum atomic E-state index is -1.09. The highest BCUT2D eigenvalue weighted by Crippen LogP contribution is 2.15. The molecule has 1 aromatic heterocycles. The third-order valence-electron chi connectivity index (χ3n) is 3.10. The van der Waals surface area contributed by atoms with Crippen LogP contribution in [0.1, 0.15) is 21.6 Å². The lowest BCUT2D eigenvalue weighted by Gasteiger charge is -2.05. The zero-order valence-corrected chi connectivity index (χ0v) is 11.7. The molecule has 0 saturated heterocycles. The van der Waals surface area contributed by atoms with Crippen molar-refractivity contribution in [3.63, 3.8) is 0 Å². The summed E-state index contributed by atoms with van der Waals surface area (Å²) in [4.78, 5) is 22.9. The molecule has 0 bridgehead atoms. The number of rotatable bonds is 4. The van der Waals surface area contributed by atoms with Gasteiger partial charge in [0.1, 0.15) is 0 Å². The van der Waals surface area contributed by atoms with Crippen LogP contribution in [0.2, 0.25) is 0 Å². The van der Waals surface area contributed by atoms with Crippen LogP contribution in [0.25, 0.3) is 6.08 Å². The van der Waals surface area contributed by atoms with Crippen LogP contribution in [0.3, 0.4) is 0 Å². The van der Waals surface area contributed by atoms with Crippen molar-refractivity contribution < 1.29 is 14.7 Å². The molecular weight excluding hydrogens is 270 g/mol. The fourth-order valence-electron chi connectivity index (χ4n) is 1.80. The van der Waals surface area contributed by atoms with Crippen molar-refractivity contribution >= 4 is 23.6 Å². The normalized spacial score (nSPS) is 10.8. The second kappa shape index (κ2) is 6.04. The highest BCUT2D eigenvalue weighted by atomic mass is 16.4. The Morgan fingerprint density at radius 1 is 1.33 bits per heavy atom. The van der Waals surface area contributed by atoms with Gasteiger partial charge in [0.2, 0.25) is 5.91 Å². The average Bonchev–Trinajstić information content (AvgIpc) is 2.77. The molecule has 6 nitrogen and oxygen atoms in total. The van der Waals surface area contributed by atoms with Gasteiger partial charge < -0.3 is 10.4 Å². The number of carbonyl (C=O) groups is 2. The van der Waals surface area contributed by atoms with E-state index >= 15 is 0 Å². The van der Waals surface area contributed by atoms with E-state index in [2.05, 4.69) is 10.4 Å². The van der Waals surface area contributed by atoms with Crippen molar-refractivity contribution in [2.24, 2.45) is 7.05 Å². The number of aryl methyl sites for hydroxylation is 1. The first-order valence-electron chi connectivity index (χ1n) is 6.29. The molecule has 0 aliphatic carbocycles. The number of hydrogen-bond donors (Lipinski definition) is 2. The lowest BCUT2D eigenvalue weighted by Crippen LogP contribution is -2.11. The molecule has 108 valence electrons. The van der Waals surface area contributed by atoms with E-state index in [1.165, 1.54) is 12.1 Å². The molecule has 1 heterocycles. The summed E-state index contributed by atoms with van der Waals surface area (Å²) >= 11 is 0. The van der Waals surface area contributed by atoms with Gasteiger partial charge in [-0.1, -0.05) is 12.1 Å². The minimum absolute atomic E-state index is 0.0526. The van der Waals surface area contributed by atoms with Crippen LogP contribution in [0, 0.1) is 6.92 Å². The van der Waals surface area contributed by atoms with Crippen LogP contribution in [-0.4, -0.2) is 26.8 Å². The minimum Gasteiger partial charge on any atom is -0.478 e. The Labute approximate surface area is 121 Å². The summed E-state index contributed by atoms with van der Waals surface area (Å²) < 4.78 is 1.71. The summed E-state index contributed by atoms with van der Waals surface area (Å²) in [6.45, 7) is 1.89. The Balaban J connectivity index is 2.12. The molecule has 2 aromatic rings. The monoisotopic (exact) mass is 285 g/mol. The SMILES string of the molecule is Cc1c(/C=C/C(=O)Nc2ccccc2C(=O)O)cnn1C. The summed E-state index contributed by atoms with van der Waals surface area (Å²) in [5.74, 6) is -1.48. The quantitative estimate of drug-likeness (QED) is 0.842. The Bertz CT molecular complexity index is 717. The molecule has 2 rings (SSSR count). The molecule has 0 radical (unpaired) electrons. The van der Waals surface area contributed by atoms with Gasteiger partial charge in [-0.15, -0.1) is 0 Å². The zero-order valence-electron chi connectivity index (χ0n) is 11.7. The summed E-state index contributed by atoms with van der Waals surface area (Å²) in [5, 5.41) is 15.7. The van der Waals surface area contributed by atoms with Crippen LogP contribution in [0.15, 0.2) is 36.5 Å². The van der Waals surface area contributed by atoms with Gasteiger partial charge in [0.25, 0.3) is 0 Å². The number of nitrogens with one attached hydrogen (secondary N) is 1. The number of carbonyl (C=O) groups excluding carboxylic acids is 1. The highest BCUT2D eigenvalue weighted by molar-refractivity contribution is 6.06. The molecular formula is C15H15N3O3. The maximum absolute atomic E-state index is 11.9. The van der Waals surface area contributed by atoms with E-state index in [9.17, 15) is 9.59 Å². The molecule has 1 aromatic carbocycles. The van der Waals surface area contributed by atoms with E-state index < -0.39 is 11.9 Å². The molecule has 0 saturated carbocycles. The smallest absolute Gasteiger partial charge is 0.337 e. The number of aromatic nitrogens is 2. The number of carboxylic acids is 1. The number of amides is 1. The van der Waals surface area contributed by atoms with Gasteiger partial charge in [0.15, 0.2) is 0 Å². The fourth-order valence-corrected chi connectivity index (χ4v) is 1.80. The van der Waals surface area contributed by atoms with Gasteiger partial charge in [0.05, 0.1) is 17.4 Å². The largest absolute Gasteiger partial charge is 0.478 e.